The smallest absolute Gasteiger partial charge is 0.352 e. The normalized spacial score (nSPS) is 13.0. The van der Waals surface area contributed by atoms with Crippen molar-refractivity contribution >= 4 is 33.3 Å². The lowest BCUT2D eigenvalue weighted by molar-refractivity contribution is 0.0685. The molecule has 278 valence electrons. The number of ether oxygens (including phenoxy) is 4. The van der Waals surface area contributed by atoms with E-state index in [4.69, 9.17) is 24.0 Å². The van der Waals surface area contributed by atoms with Crippen LogP contribution in [0.3, 0.4) is 0 Å². The van der Waals surface area contributed by atoms with Crippen LogP contribution in [-0.4, -0.2) is 64.9 Å². The van der Waals surface area contributed by atoms with E-state index in [1.807, 2.05) is 77.0 Å². The van der Waals surface area contributed by atoms with Crippen LogP contribution in [0.4, 0.5) is 5.69 Å². The molecule has 1 aliphatic rings. The number of aromatic nitrogens is 3. The quantitative estimate of drug-likeness (QED) is 0.0742. The van der Waals surface area contributed by atoms with Crippen LogP contribution in [0.1, 0.15) is 33.9 Å². The van der Waals surface area contributed by atoms with Gasteiger partial charge in [0.2, 0.25) is 0 Å². The molecule has 0 aliphatic carbocycles. The highest BCUT2D eigenvalue weighted by Crippen LogP contribution is 2.39. The van der Waals surface area contributed by atoms with Crippen molar-refractivity contribution in [2.24, 2.45) is 7.05 Å². The molecule has 1 fully saturated rings. The van der Waals surface area contributed by atoms with Crippen molar-refractivity contribution in [2.45, 2.75) is 32.6 Å². The number of nitrogens with zero attached hydrogens (tertiary/aromatic N) is 4. The van der Waals surface area contributed by atoms with Crippen molar-refractivity contribution in [1.29, 1.82) is 0 Å². The SMILES string of the molecule is C=CCOCc1c(-c2cccc3c(CCCOc4cccc5ccccc45)c(C(=O)O)n(CC=C)c23)c(COc2ccc(N3CCOCC3)cc2)nn1C. The number of hydrogen-bond donors (Lipinski definition) is 1. The third kappa shape index (κ3) is 7.62. The molecule has 1 saturated heterocycles. The van der Waals surface area contributed by atoms with Gasteiger partial charge in [-0.3, -0.25) is 4.68 Å². The maximum Gasteiger partial charge on any atom is 0.352 e. The first kappa shape index (κ1) is 36.5. The molecule has 1 aliphatic heterocycles. The molecule has 0 unspecified atom stereocenters. The zero-order chi connectivity index (χ0) is 37.4. The number of carbonyl (C=O) groups is 1. The Morgan fingerprint density at radius 3 is 2.44 bits per heavy atom. The zero-order valence-corrected chi connectivity index (χ0v) is 30.7. The number of carboxylic acid groups (broad SMARTS) is 1. The molecule has 0 radical (unpaired) electrons. The van der Waals surface area contributed by atoms with E-state index >= 15 is 0 Å². The van der Waals surface area contributed by atoms with Gasteiger partial charge < -0.3 is 33.5 Å². The maximum absolute atomic E-state index is 13.1. The highest BCUT2D eigenvalue weighted by Gasteiger charge is 2.27. The van der Waals surface area contributed by atoms with Crippen LogP contribution in [0.15, 0.2) is 110 Å². The Kier molecular flexibility index (Phi) is 11.4. The summed E-state index contributed by atoms with van der Waals surface area (Å²) in [5, 5.41) is 18.7. The van der Waals surface area contributed by atoms with E-state index in [0.29, 0.717) is 38.3 Å². The van der Waals surface area contributed by atoms with Crippen LogP contribution in [0.5, 0.6) is 11.5 Å². The molecule has 0 amide bonds. The number of aryl methyl sites for hydroxylation is 2. The lowest BCUT2D eigenvalue weighted by Crippen LogP contribution is -2.36. The van der Waals surface area contributed by atoms with Gasteiger partial charge in [0.25, 0.3) is 0 Å². The molecule has 0 bridgehead atoms. The molecule has 10 nitrogen and oxygen atoms in total. The molecule has 0 atom stereocenters. The second-order valence-corrected chi connectivity index (χ2v) is 13.2. The number of anilines is 1. The summed E-state index contributed by atoms with van der Waals surface area (Å²) in [7, 11) is 1.89. The number of hydrogen-bond acceptors (Lipinski definition) is 7. The Bertz CT molecular complexity index is 2260. The van der Waals surface area contributed by atoms with Crippen LogP contribution >= 0.6 is 0 Å². The fraction of sp³-hybridized carbons (Fsp3) is 0.273. The van der Waals surface area contributed by atoms with E-state index in [1.165, 1.54) is 0 Å². The monoisotopic (exact) mass is 726 g/mol. The van der Waals surface area contributed by atoms with Gasteiger partial charge in [-0.25, -0.2) is 4.79 Å². The van der Waals surface area contributed by atoms with Gasteiger partial charge >= 0.3 is 5.97 Å². The fourth-order valence-electron chi connectivity index (χ4n) is 7.41. The molecule has 7 rings (SSSR count). The van der Waals surface area contributed by atoms with Gasteiger partial charge in [-0.1, -0.05) is 66.7 Å². The molecule has 0 spiro atoms. The minimum atomic E-state index is -0.992. The van der Waals surface area contributed by atoms with Crippen molar-refractivity contribution in [3.05, 3.63) is 133 Å². The molecular formula is C44H46N4O6. The number of morpholine rings is 1. The number of rotatable bonds is 17. The number of allylic oxidation sites excluding steroid dienone is 1. The summed E-state index contributed by atoms with van der Waals surface area (Å²) in [4.78, 5) is 15.4. The van der Waals surface area contributed by atoms with Crippen LogP contribution in [0.2, 0.25) is 0 Å². The Hall–Kier alpha value is -5.84. The van der Waals surface area contributed by atoms with E-state index in [2.05, 4.69) is 42.3 Å². The van der Waals surface area contributed by atoms with Crippen LogP contribution in [-0.2, 0) is 42.7 Å². The molecule has 1 N–H and O–H groups in total. The first-order chi connectivity index (χ1) is 26.5. The Balaban J connectivity index is 1.23. The third-order valence-corrected chi connectivity index (χ3v) is 9.85. The average Bonchev–Trinajstić information content (AvgIpc) is 3.69. The van der Waals surface area contributed by atoms with Crippen molar-refractivity contribution in [1.82, 2.24) is 14.3 Å². The Labute approximate surface area is 315 Å². The predicted octanol–water partition coefficient (Wildman–Crippen LogP) is 8.21. The second kappa shape index (κ2) is 16.9. The Morgan fingerprint density at radius 2 is 1.67 bits per heavy atom. The molecular weight excluding hydrogens is 681 g/mol. The van der Waals surface area contributed by atoms with Crippen LogP contribution in [0, 0.1) is 0 Å². The van der Waals surface area contributed by atoms with Crippen LogP contribution in [0.25, 0.3) is 32.8 Å². The summed E-state index contributed by atoms with van der Waals surface area (Å²) in [5.74, 6) is 0.546. The average molecular weight is 727 g/mol. The van der Waals surface area contributed by atoms with Gasteiger partial charge in [-0.05, 0) is 54.1 Å². The molecule has 10 heteroatoms. The van der Waals surface area contributed by atoms with E-state index in [0.717, 1.165) is 87.5 Å². The largest absolute Gasteiger partial charge is 0.493 e. The molecule has 0 saturated carbocycles. The van der Waals surface area contributed by atoms with E-state index in [-0.39, 0.29) is 18.9 Å². The summed E-state index contributed by atoms with van der Waals surface area (Å²) in [6, 6.07) is 28.2. The third-order valence-electron chi connectivity index (χ3n) is 9.85. The molecule has 6 aromatic rings. The topological polar surface area (TPSA) is 100 Å². The first-order valence-electron chi connectivity index (χ1n) is 18.4. The van der Waals surface area contributed by atoms with Crippen molar-refractivity contribution in [3.63, 3.8) is 0 Å². The van der Waals surface area contributed by atoms with Crippen molar-refractivity contribution in [2.75, 3.05) is 44.4 Å². The summed E-state index contributed by atoms with van der Waals surface area (Å²) >= 11 is 0. The fourth-order valence-corrected chi connectivity index (χ4v) is 7.41. The summed E-state index contributed by atoms with van der Waals surface area (Å²) in [6.07, 6.45) is 4.58. The number of para-hydroxylation sites is 1. The highest BCUT2D eigenvalue weighted by atomic mass is 16.5. The van der Waals surface area contributed by atoms with Gasteiger partial charge in [0, 0.05) is 54.3 Å². The van der Waals surface area contributed by atoms with Crippen LogP contribution < -0.4 is 14.4 Å². The zero-order valence-electron chi connectivity index (χ0n) is 30.7. The second-order valence-electron chi connectivity index (χ2n) is 13.2. The lowest BCUT2D eigenvalue weighted by atomic mass is 9.98. The van der Waals surface area contributed by atoms with Gasteiger partial charge in [-0.2, -0.15) is 5.10 Å². The van der Waals surface area contributed by atoms with E-state index < -0.39 is 5.97 Å². The Morgan fingerprint density at radius 1 is 0.907 bits per heavy atom. The number of aromatic carboxylic acids is 1. The van der Waals surface area contributed by atoms with Crippen molar-refractivity contribution in [3.8, 4) is 22.6 Å². The van der Waals surface area contributed by atoms with Gasteiger partial charge in [0.15, 0.2) is 0 Å². The number of fused-ring (bicyclic) bond motifs is 2. The van der Waals surface area contributed by atoms with Gasteiger partial charge in [0.05, 0.1) is 44.2 Å². The standard InChI is InChI=1S/C44H46N4O6/c1-4-22-48-42-35(36(43(48)44(49)50)16-10-26-53-40-17-8-12-31-11-6-7-13-34(31)40)14-9-15-37(42)41-38(45-46(3)39(41)30-52-25-5-2)29-54-33-20-18-32(19-21-33)47-23-27-51-28-24-47/h4-9,11-15,17-21H,1-2,10,16,22-30H2,3H3,(H,49,50). The number of carboxylic acids is 1. The minimum Gasteiger partial charge on any atom is -0.493 e. The summed E-state index contributed by atoms with van der Waals surface area (Å²) < 4.78 is 27.8. The van der Waals surface area contributed by atoms with Crippen molar-refractivity contribution < 1.29 is 28.8 Å². The summed E-state index contributed by atoms with van der Waals surface area (Å²) in [6.45, 7) is 12.5. The van der Waals surface area contributed by atoms with E-state index in [1.54, 1.807) is 12.2 Å². The van der Waals surface area contributed by atoms with Gasteiger partial charge in [-0.15, -0.1) is 13.2 Å². The highest BCUT2D eigenvalue weighted by molar-refractivity contribution is 6.04. The molecule has 2 aromatic heterocycles. The molecule has 4 aromatic carbocycles. The lowest BCUT2D eigenvalue weighted by Gasteiger charge is -2.28. The molecule has 54 heavy (non-hydrogen) atoms. The van der Waals surface area contributed by atoms with E-state index in [9.17, 15) is 9.90 Å². The predicted molar refractivity (Wildman–Crippen MR) is 213 cm³/mol. The van der Waals surface area contributed by atoms with Gasteiger partial charge in [0.1, 0.15) is 29.5 Å². The first-order valence-corrected chi connectivity index (χ1v) is 18.4. The maximum atomic E-state index is 13.1. The molecule has 3 heterocycles. The minimum absolute atomic E-state index is 0.199. The number of benzene rings is 4. The summed E-state index contributed by atoms with van der Waals surface area (Å²) in [5.41, 5.74) is 6.19.